The maximum absolute atomic E-state index is 13.8. The van der Waals surface area contributed by atoms with E-state index < -0.39 is 11.6 Å². The molecule has 4 rings (SSSR count). The zero-order chi connectivity index (χ0) is 19.8. The number of hydrogen-bond donors (Lipinski definition) is 3. The lowest BCUT2D eigenvalue weighted by Gasteiger charge is -2.32. The van der Waals surface area contributed by atoms with E-state index in [0.717, 1.165) is 31.6 Å². The topological polar surface area (TPSA) is 94.1 Å². The molecule has 0 radical (unpaired) electrons. The van der Waals surface area contributed by atoms with Gasteiger partial charge in [0.15, 0.2) is 17.2 Å². The molecule has 0 saturated carbocycles. The molecule has 8 heteroatoms. The van der Waals surface area contributed by atoms with Gasteiger partial charge in [0.2, 0.25) is 0 Å². The number of phenolic OH excluding ortho intramolecular Hbond substituents is 1. The van der Waals surface area contributed by atoms with Crippen LogP contribution in [0.2, 0.25) is 0 Å². The van der Waals surface area contributed by atoms with Crippen molar-refractivity contribution < 1.29 is 14.3 Å². The first-order chi connectivity index (χ1) is 13.5. The summed E-state index contributed by atoms with van der Waals surface area (Å²) in [6.07, 6.45) is 1.80. The normalized spacial score (nSPS) is 15.1. The number of pyridine rings is 1. The minimum Gasteiger partial charge on any atom is -0.505 e. The van der Waals surface area contributed by atoms with Crippen molar-refractivity contribution in [3.05, 3.63) is 41.3 Å². The molecule has 7 nitrogen and oxygen atoms in total. The summed E-state index contributed by atoms with van der Waals surface area (Å²) >= 11 is 0. The molecule has 1 amide bonds. The molecule has 0 aliphatic carbocycles. The van der Waals surface area contributed by atoms with Crippen LogP contribution < -0.4 is 5.32 Å². The van der Waals surface area contributed by atoms with Crippen LogP contribution in [0.3, 0.4) is 0 Å². The number of hydrogen-bond acceptors (Lipinski definition) is 5. The summed E-state index contributed by atoms with van der Waals surface area (Å²) in [5, 5.41) is 20.5. The quantitative estimate of drug-likeness (QED) is 0.646. The van der Waals surface area contributed by atoms with E-state index in [2.05, 4.69) is 20.5 Å². The molecule has 1 aliphatic heterocycles. The van der Waals surface area contributed by atoms with E-state index in [1.165, 1.54) is 12.1 Å². The van der Waals surface area contributed by atoms with E-state index in [0.29, 0.717) is 27.9 Å². The number of carbonyl (C=O) groups is 1. The van der Waals surface area contributed by atoms with E-state index in [1.54, 1.807) is 17.0 Å². The van der Waals surface area contributed by atoms with Gasteiger partial charge in [0.25, 0.3) is 5.91 Å². The van der Waals surface area contributed by atoms with Crippen LogP contribution in [0, 0.1) is 12.7 Å². The van der Waals surface area contributed by atoms with Crippen molar-refractivity contribution in [2.45, 2.75) is 25.8 Å². The van der Waals surface area contributed by atoms with Crippen LogP contribution >= 0.6 is 0 Å². The molecular formula is C20H22FN5O2. The maximum Gasteiger partial charge on any atom is 0.254 e. The van der Waals surface area contributed by atoms with E-state index in [1.807, 2.05) is 14.0 Å². The van der Waals surface area contributed by atoms with Crippen molar-refractivity contribution in [3.8, 4) is 17.0 Å². The number of nitrogens with zero attached hydrogens (tertiary/aromatic N) is 3. The maximum atomic E-state index is 13.8. The molecular weight excluding hydrogens is 361 g/mol. The number of aromatic hydroxyl groups is 1. The Morgan fingerprint density at radius 3 is 2.75 bits per heavy atom. The molecule has 0 spiro atoms. The van der Waals surface area contributed by atoms with Gasteiger partial charge in [-0.2, -0.15) is 5.10 Å². The first-order valence-corrected chi connectivity index (χ1v) is 9.28. The molecule has 1 fully saturated rings. The number of carbonyl (C=O) groups excluding carboxylic acids is 1. The van der Waals surface area contributed by atoms with E-state index >= 15 is 0 Å². The van der Waals surface area contributed by atoms with E-state index in [-0.39, 0.29) is 11.9 Å². The highest BCUT2D eigenvalue weighted by Gasteiger charge is 2.26. The van der Waals surface area contributed by atoms with Crippen molar-refractivity contribution in [2.24, 2.45) is 0 Å². The highest BCUT2D eigenvalue weighted by atomic mass is 19.1. The molecule has 1 aliphatic rings. The zero-order valence-electron chi connectivity index (χ0n) is 15.8. The SMILES string of the molecule is Cc1[nH]nc2nc(-c3ccc(O)c(F)c3)cc(C(=O)N(C)C3CCNCC3)c12. The summed E-state index contributed by atoms with van der Waals surface area (Å²) in [5.41, 5.74) is 2.55. The lowest BCUT2D eigenvalue weighted by Crippen LogP contribution is -2.44. The molecule has 1 aromatic carbocycles. The number of rotatable bonds is 3. The van der Waals surface area contributed by atoms with Crippen LogP contribution in [0.15, 0.2) is 24.3 Å². The second kappa shape index (κ2) is 7.20. The van der Waals surface area contributed by atoms with Crippen molar-refractivity contribution in [1.82, 2.24) is 25.4 Å². The predicted octanol–water partition coefficient (Wildman–Crippen LogP) is 2.60. The van der Waals surface area contributed by atoms with Gasteiger partial charge in [0.05, 0.1) is 16.6 Å². The van der Waals surface area contributed by atoms with Crippen LogP contribution in [0.4, 0.5) is 4.39 Å². The van der Waals surface area contributed by atoms with Crippen LogP contribution in [0.5, 0.6) is 5.75 Å². The summed E-state index contributed by atoms with van der Waals surface area (Å²) in [5.74, 6) is -1.27. The molecule has 1 saturated heterocycles. The van der Waals surface area contributed by atoms with Crippen molar-refractivity contribution in [3.63, 3.8) is 0 Å². The molecule has 28 heavy (non-hydrogen) atoms. The Morgan fingerprint density at radius 1 is 1.29 bits per heavy atom. The second-order valence-electron chi connectivity index (χ2n) is 7.17. The Labute approximate surface area is 161 Å². The molecule has 3 heterocycles. The Kier molecular flexibility index (Phi) is 4.72. The lowest BCUT2D eigenvalue weighted by molar-refractivity contribution is 0.0705. The summed E-state index contributed by atoms with van der Waals surface area (Å²) < 4.78 is 13.8. The predicted molar refractivity (Wildman–Crippen MR) is 104 cm³/mol. The first kappa shape index (κ1) is 18.4. The summed E-state index contributed by atoms with van der Waals surface area (Å²) in [6.45, 7) is 3.62. The van der Waals surface area contributed by atoms with Crippen LogP contribution in [0.1, 0.15) is 28.9 Å². The third-order valence-corrected chi connectivity index (χ3v) is 5.36. The fraction of sp³-hybridized carbons (Fsp3) is 0.350. The highest BCUT2D eigenvalue weighted by molar-refractivity contribution is 6.07. The number of nitrogens with one attached hydrogen (secondary N) is 2. The van der Waals surface area contributed by atoms with Gasteiger partial charge < -0.3 is 15.3 Å². The molecule has 0 atom stereocenters. The highest BCUT2D eigenvalue weighted by Crippen LogP contribution is 2.29. The fourth-order valence-electron chi connectivity index (χ4n) is 3.71. The molecule has 0 unspecified atom stereocenters. The average Bonchev–Trinajstić information content (AvgIpc) is 3.10. The van der Waals surface area contributed by atoms with Gasteiger partial charge in [0.1, 0.15) is 0 Å². The number of benzene rings is 1. The minimum absolute atomic E-state index is 0.107. The second-order valence-corrected chi connectivity index (χ2v) is 7.17. The number of halogens is 1. The van der Waals surface area contributed by atoms with E-state index in [9.17, 15) is 14.3 Å². The number of H-pyrrole nitrogens is 1. The Bertz CT molecular complexity index is 1040. The number of aromatic amines is 1. The molecule has 2 aromatic heterocycles. The summed E-state index contributed by atoms with van der Waals surface area (Å²) in [4.78, 5) is 19.6. The van der Waals surface area contributed by atoms with E-state index in [4.69, 9.17) is 0 Å². The number of phenols is 1. The smallest absolute Gasteiger partial charge is 0.254 e. The molecule has 3 N–H and O–H groups in total. The monoisotopic (exact) mass is 383 g/mol. The standard InChI is InChI=1S/C20H22FN5O2/c1-11-18-14(20(28)26(2)13-5-7-22-8-6-13)10-16(23-19(18)25-24-11)12-3-4-17(27)15(21)9-12/h3-4,9-10,13,22,27H,5-8H2,1-2H3,(H,23,24,25). The number of aromatic nitrogens is 3. The van der Waals surface area contributed by atoms with Crippen LogP contribution in [0.25, 0.3) is 22.3 Å². The third-order valence-electron chi connectivity index (χ3n) is 5.36. The third kappa shape index (κ3) is 3.20. The van der Waals surface area contributed by atoms with Crippen molar-refractivity contribution >= 4 is 16.9 Å². The average molecular weight is 383 g/mol. The van der Waals surface area contributed by atoms with Crippen LogP contribution in [-0.4, -0.2) is 57.3 Å². The zero-order valence-corrected chi connectivity index (χ0v) is 15.8. The Morgan fingerprint density at radius 2 is 2.04 bits per heavy atom. The number of fused-ring (bicyclic) bond motifs is 1. The van der Waals surface area contributed by atoms with Gasteiger partial charge in [-0.1, -0.05) is 0 Å². The number of piperidine rings is 1. The molecule has 146 valence electrons. The van der Waals surface area contributed by atoms with Gasteiger partial charge in [0, 0.05) is 24.3 Å². The lowest BCUT2D eigenvalue weighted by atomic mass is 10.0. The number of aryl methyl sites for hydroxylation is 1. The van der Waals surface area contributed by atoms with Gasteiger partial charge in [-0.25, -0.2) is 9.37 Å². The van der Waals surface area contributed by atoms with Crippen LogP contribution in [-0.2, 0) is 0 Å². The van der Waals surface area contributed by atoms with Crippen molar-refractivity contribution in [2.75, 3.05) is 20.1 Å². The van der Waals surface area contributed by atoms with Crippen molar-refractivity contribution in [1.29, 1.82) is 0 Å². The molecule has 3 aromatic rings. The molecule has 0 bridgehead atoms. The summed E-state index contributed by atoms with van der Waals surface area (Å²) in [6, 6.07) is 5.88. The largest absolute Gasteiger partial charge is 0.505 e. The van der Waals surface area contributed by atoms with Gasteiger partial charge in [-0.15, -0.1) is 0 Å². The Balaban J connectivity index is 1.80. The Hall–Kier alpha value is -3.00. The fourth-order valence-corrected chi connectivity index (χ4v) is 3.71. The minimum atomic E-state index is -0.739. The van der Waals surface area contributed by atoms with Gasteiger partial charge >= 0.3 is 0 Å². The van der Waals surface area contributed by atoms with Gasteiger partial charge in [-0.05, 0) is 57.1 Å². The number of amides is 1. The first-order valence-electron chi connectivity index (χ1n) is 9.28. The van der Waals surface area contributed by atoms with Gasteiger partial charge in [-0.3, -0.25) is 9.89 Å². The summed E-state index contributed by atoms with van der Waals surface area (Å²) in [7, 11) is 1.82.